The summed E-state index contributed by atoms with van der Waals surface area (Å²) in [6.07, 6.45) is 1.45. The summed E-state index contributed by atoms with van der Waals surface area (Å²) in [5.41, 5.74) is 2.17. The topological polar surface area (TPSA) is 89.8 Å². The highest BCUT2D eigenvalue weighted by Crippen LogP contribution is 2.38. The molecule has 0 unspecified atom stereocenters. The van der Waals surface area contributed by atoms with Gasteiger partial charge in [-0.05, 0) is 48.4 Å². The maximum Gasteiger partial charge on any atom is 0.262 e. The van der Waals surface area contributed by atoms with E-state index < -0.39 is 5.91 Å². The maximum absolute atomic E-state index is 12.7. The number of benzene rings is 3. The van der Waals surface area contributed by atoms with Crippen molar-refractivity contribution >= 4 is 23.6 Å². The SMILES string of the molecule is CCOc1cc(/C=C(\C#N)C(=O)NCc2ccc(OC)cc2OC)cc(Cl)c1OCc1ccccc1. The summed E-state index contributed by atoms with van der Waals surface area (Å²) in [4.78, 5) is 12.7. The molecule has 0 aliphatic heterocycles. The molecule has 0 radical (unpaired) electrons. The third-order valence-corrected chi connectivity index (χ3v) is 5.45. The monoisotopic (exact) mass is 506 g/mol. The van der Waals surface area contributed by atoms with E-state index in [0.717, 1.165) is 11.1 Å². The van der Waals surface area contributed by atoms with Crippen molar-refractivity contribution in [1.29, 1.82) is 5.26 Å². The van der Waals surface area contributed by atoms with E-state index in [1.54, 1.807) is 37.4 Å². The molecule has 3 aromatic carbocycles. The number of ether oxygens (including phenoxy) is 4. The molecule has 0 aliphatic rings. The van der Waals surface area contributed by atoms with E-state index in [4.69, 9.17) is 30.5 Å². The van der Waals surface area contributed by atoms with Crippen LogP contribution in [-0.4, -0.2) is 26.7 Å². The summed E-state index contributed by atoms with van der Waals surface area (Å²) in [5.74, 6) is 1.49. The standard InChI is InChI=1S/C28H27ClN2O5/c1-4-35-26-14-20(13-24(29)27(26)36-18-19-8-6-5-7-9-19)12-22(16-30)28(32)31-17-21-10-11-23(33-2)15-25(21)34-3/h5-15H,4,17-18H2,1-3H3,(H,31,32)/b22-12+. The molecule has 0 heterocycles. The van der Waals surface area contributed by atoms with Crippen LogP contribution in [0.5, 0.6) is 23.0 Å². The molecule has 1 amide bonds. The normalized spacial score (nSPS) is 10.8. The lowest BCUT2D eigenvalue weighted by molar-refractivity contribution is -0.117. The van der Waals surface area contributed by atoms with Crippen molar-refractivity contribution in [3.8, 4) is 29.1 Å². The molecular weight excluding hydrogens is 480 g/mol. The summed E-state index contributed by atoms with van der Waals surface area (Å²) in [5, 5.41) is 12.7. The summed E-state index contributed by atoms with van der Waals surface area (Å²) >= 11 is 6.50. The first kappa shape index (κ1) is 26.5. The lowest BCUT2D eigenvalue weighted by Crippen LogP contribution is -2.24. The zero-order valence-corrected chi connectivity index (χ0v) is 21.1. The minimum absolute atomic E-state index is 0.0843. The van der Waals surface area contributed by atoms with Crippen LogP contribution in [0.4, 0.5) is 0 Å². The van der Waals surface area contributed by atoms with E-state index in [2.05, 4.69) is 5.32 Å². The highest BCUT2D eigenvalue weighted by molar-refractivity contribution is 6.32. The van der Waals surface area contributed by atoms with Crippen molar-refractivity contribution in [2.45, 2.75) is 20.1 Å². The van der Waals surface area contributed by atoms with Crippen LogP contribution in [0.15, 0.2) is 66.2 Å². The molecule has 0 aliphatic carbocycles. The van der Waals surface area contributed by atoms with Crippen molar-refractivity contribution in [1.82, 2.24) is 5.32 Å². The van der Waals surface area contributed by atoms with Gasteiger partial charge in [0.1, 0.15) is 29.7 Å². The largest absolute Gasteiger partial charge is 0.497 e. The van der Waals surface area contributed by atoms with Gasteiger partial charge >= 0.3 is 0 Å². The Hall–Kier alpha value is -4.15. The minimum atomic E-state index is -0.533. The molecule has 0 aromatic heterocycles. The predicted molar refractivity (Wildman–Crippen MR) is 138 cm³/mol. The fourth-order valence-electron chi connectivity index (χ4n) is 3.39. The Morgan fingerprint density at radius 1 is 1.03 bits per heavy atom. The number of nitrogens with one attached hydrogen (secondary N) is 1. The number of nitrogens with zero attached hydrogens (tertiary/aromatic N) is 1. The first-order valence-electron chi connectivity index (χ1n) is 11.2. The highest BCUT2D eigenvalue weighted by atomic mass is 35.5. The van der Waals surface area contributed by atoms with Crippen LogP contribution < -0.4 is 24.3 Å². The number of methoxy groups -OCH3 is 2. The fraction of sp³-hybridized carbons (Fsp3) is 0.214. The molecule has 0 saturated carbocycles. The van der Waals surface area contributed by atoms with Crippen LogP contribution in [-0.2, 0) is 17.9 Å². The Morgan fingerprint density at radius 2 is 1.81 bits per heavy atom. The first-order chi connectivity index (χ1) is 17.5. The molecule has 0 saturated heterocycles. The van der Waals surface area contributed by atoms with Gasteiger partial charge in [-0.3, -0.25) is 4.79 Å². The molecule has 8 heteroatoms. The number of nitriles is 1. The molecule has 186 valence electrons. The van der Waals surface area contributed by atoms with Gasteiger partial charge in [-0.2, -0.15) is 5.26 Å². The molecule has 0 spiro atoms. The molecule has 3 rings (SSSR count). The number of amides is 1. The van der Waals surface area contributed by atoms with Gasteiger partial charge in [0, 0.05) is 18.2 Å². The molecule has 7 nitrogen and oxygen atoms in total. The summed E-state index contributed by atoms with van der Waals surface area (Å²) in [6, 6.07) is 20.2. The predicted octanol–water partition coefficient (Wildman–Crippen LogP) is 5.56. The average molecular weight is 507 g/mol. The third kappa shape index (κ3) is 6.94. The van der Waals surface area contributed by atoms with E-state index in [0.29, 0.717) is 46.8 Å². The van der Waals surface area contributed by atoms with Crippen LogP contribution in [0.3, 0.4) is 0 Å². The summed E-state index contributed by atoms with van der Waals surface area (Å²) in [6.45, 7) is 2.72. The maximum atomic E-state index is 12.7. The van der Waals surface area contributed by atoms with Gasteiger partial charge in [0.05, 0.1) is 25.8 Å². The zero-order valence-electron chi connectivity index (χ0n) is 20.3. The van der Waals surface area contributed by atoms with Crippen molar-refractivity contribution < 1.29 is 23.7 Å². The lowest BCUT2D eigenvalue weighted by atomic mass is 10.1. The number of rotatable bonds is 11. The Morgan fingerprint density at radius 3 is 2.47 bits per heavy atom. The van der Waals surface area contributed by atoms with Gasteiger partial charge in [-0.15, -0.1) is 0 Å². The number of hydrogen-bond donors (Lipinski definition) is 1. The van der Waals surface area contributed by atoms with Gasteiger partial charge in [0.25, 0.3) is 5.91 Å². The average Bonchev–Trinajstić information content (AvgIpc) is 2.90. The molecule has 0 bridgehead atoms. The van der Waals surface area contributed by atoms with E-state index >= 15 is 0 Å². The number of carbonyl (C=O) groups is 1. The van der Waals surface area contributed by atoms with E-state index in [1.165, 1.54) is 13.2 Å². The molecule has 0 atom stereocenters. The van der Waals surface area contributed by atoms with Crippen molar-refractivity contribution in [2.75, 3.05) is 20.8 Å². The second kappa shape index (κ2) is 13.1. The molecule has 1 N–H and O–H groups in total. The van der Waals surface area contributed by atoms with Crippen LogP contribution >= 0.6 is 11.6 Å². The van der Waals surface area contributed by atoms with Crippen LogP contribution in [0.25, 0.3) is 6.08 Å². The minimum Gasteiger partial charge on any atom is -0.497 e. The number of carbonyl (C=O) groups excluding carboxylic acids is 1. The van der Waals surface area contributed by atoms with Gasteiger partial charge in [0.15, 0.2) is 11.5 Å². The second-order valence-corrected chi connectivity index (χ2v) is 7.97. The van der Waals surface area contributed by atoms with Gasteiger partial charge in [-0.25, -0.2) is 0 Å². The Kier molecular flexibility index (Phi) is 9.61. The van der Waals surface area contributed by atoms with Crippen LogP contribution in [0, 0.1) is 11.3 Å². The van der Waals surface area contributed by atoms with Crippen molar-refractivity contribution in [3.05, 3.63) is 87.9 Å². The Labute approximate surface area is 215 Å². The third-order valence-electron chi connectivity index (χ3n) is 5.17. The van der Waals surface area contributed by atoms with Crippen LogP contribution in [0.2, 0.25) is 5.02 Å². The lowest BCUT2D eigenvalue weighted by Gasteiger charge is -2.15. The van der Waals surface area contributed by atoms with Gasteiger partial charge in [0.2, 0.25) is 0 Å². The molecule has 36 heavy (non-hydrogen) atoms. The van der Waals surface area contributed by atoms with E-state index in [9.17, 15) is 10.1 Å². The van der Waals surface area contributed by atoms with E-state index in [1.807, 2.05) is 43.3 Å². The smallest absolute Gasteiger partial charge is 0.262 e. The molecule has 0 fully saturated rings. The summed E-state index contributed by atoms with van der Waals surface area (Å²) in [7, 11) is 3.10. The van der Waals surface area contributed by atoms with Gasteiger partial charge in [-0.1, -0.05) is 41.9 Å². The summed E-state index contributed by atoms with van der Waals surface area (Å²) < 4.78 is 22.2. The quantitative estimate of drug-likeness (QED) is 0.270. The van der Waals surface area contributed by atoms with Crippen molar-refractivity contribution in [3.63, 3.8) is 0 Å². The van der Waals surface area contributed by atoms with Crippen LogP contribution in [0.1, 0.15) is 23.6 Å². The van der Waals surface area contributed by atoms with Gasteiger partial charge < -0.3 is 24.3 Å². The Balaban J connectivity index is 1.78. The zero-order chi connectivity index (χ0) is 25.9. The first-order valence-corrected chi connectivity index (χ1v) is 11.6. The fourth-order valence-corrected chi connectivity index (χ4v) is 3.66. The highest BCUT2D eigenvalue weighted by Gasteiger charge is 2.15. The van der Waals surface area contributed by atoms with Crippen molar-refractivity contribution in [2.24, 2.45) is 0 Å². The molecular formula is C28H27ClN2O5. The number of halogens is 1. The Bertz CT molecular complexity index is 1270. The molecule has 3 aromatic rings. The number of hydrogen-bond acceptors (Lipinski definition) is 6. The second-order valence-electron chi connectivity index (χ2n) is 7.57. The van der Waals surface area contributed by atoms with E-state index in [-0.39, 0.29) is 12.1 Å².